The number of hydrogen-bond acceptors (Lipinski definition) is 3. The molecule has 0 bridgehead atoms. The maximum Gasteiger partial charge on any atom is 0.299 e. The predicted octanol–water partition coefficient (Wildman–Crippen LogP) is 0.922. The summed E-state index contributed by atoms with van der Waals surface area (Å²) in [5.74, 6) is 0.176. The van der Waals surface area contributed by atoms with Crippen molar-refractivity contribution in [2.75, 3.05) is 0 Å². The van der Waals surface area contributed by atoms with Crippen molar-refractivity contribution >= 4 is 0 Å². The number of hydrogen-bond donors (Lipinski definition) is 0. The third-order valence-electron chi connectivity index (χ3n) is 0.564. The lowest BCUT2D eigenvalue weighted by Crippen LogP contribution is -1.96. The van der Waals surface area contributed by atoms with Gasteiger partial charge in [0.2, 0.25) is 0 Å². The Bertz CT molecular complexity index is 118. The van der Waals surface area contributed by atoms with Gasteiger partial charge in [0.15, 0.2) is 0 Å². The molecule has 0 aliphatic carbocycles. The number of nitrogens with zero attached hydrogens (tertiary/aromatic N) is 1. The smallest absolute Gasteiger partial charge is 0.281 e. The van der Waals surface area contributed by atoms with E-state index in [9.17, 15) is 10.1 Å². The Hall–Kier alpha value is -1.06. The highest BCUT2D eigenvalue weighted by molar-refractivity contribution is 4.74. The Morgan fingerprint density at radius 3 is 2.50 bits per heavy atom. The van der Waals surface area contributed by atoms with Crippen LogP contribution in [0.3, 0.4) is 0 Å². The summed E-state index contributed by atoms with van der Waals surface area (Å²) in [6, 6.07) is 0. The second-order valence-electron chi connectivity index (χ2n) is 1.12. The van der Waals surface area contributed by atoms with E-state index in [2.05, 4.69) is 10.9 Å². The van der Waals surface area contributed by atoms with Gasteiger partial charge in [-0.2, -0.15) is 0 Å². The summed E-state index contributed by atoms with van der Waals surface area (Å²) in [6.45, 7) is 3.00. The lowest BCUT2D eigenvalue weighted by Gasteiger charge is -1.91. The molecule has 0 amide bonds. The van der Waals surface area contributed by atoms with Gasteiger partial charge in [-0.25, -0.2) is 0 Å². The number of allylic oxidation sites excluding steroid dienone is 2. The van der Waals surface area contributed by atoms with Crippen LogP contribution >= 0.6 is 0 Å². The van der Waals surface area contributed by atoms with Crippen LogP contribution in [-0.4, -0.2) is 5.09 Å². The molecule has 4 heteroatoms. The number of rotatable bonds is 2. The van der Waals surface area contributed by atoms with Crippen molar-refractivity contribution in [3.05, 3.63) is 21.9 Å². The average Bonchev–Trinajstić information content (AvgIpc) is 1.65. The van der Waals surface area contributed by atoms with Crippen molar-refractivity contribution < 1.29 is 9.92 Å². The molecular weight excluding hydrogens is 110 g/mol. The molecule has 0 rings (SSSR count). The van der Waals surface area contributed by atoms with Crippen LogP contribution in [0.15, 0.2) is 5.76 Å². The molecule has 4 nitrogen and oxygen atoms in total. The normalized spacial score (nSPS) is 11.0. The van der Waals surface area contributed by atoms with E-state index < -0.39 is 5.09 Å². The molecular formula is C4H6NO3. The summed E-state index contributed by atoms with van der Waals surface area (Å²) in [7, 11) is 0. The Morgan fingerprint density at radius 2 is 2.38 bits per heavy atom. The van der Waals surface area contributed by atoms with Crippen LogP contribution in [0.25, 0.3) is 0 Å². The molecule has 0 unspecified atom stereocenters. The fraction of sp³-hybridized carbons (Fsp3) is 0.500. The molecule has 0 aromatic rings. The van der Waals surface area contributed by atoms with E-state index >= 15 is 0 Å². The summed E-state index contributed by atoms with van der Waals surface area (Å²) in [5, 5.41) is 8.62. The summed E-state index contributed by atoms with van der Waals surface area (Å²) < 4.78 is 0. The molecule has 1 radical (unpaired) electrons. The summed E-state index contributed by atoms with van der Waals surface area (Å²) in [4.78, 5) is 13.4. The molecule has 45 valence electrons. The molecule has 0 aliphatic heterocycles. The molecule has 0 saturated heterocycles. The van der Waals surface area contributed by atoms with E-state index in [0.29, 0.717) is 0 Å². The van der Waals surface area contributed by atoms with Crippen LogP contribution in [-0.2, 0) is 4.84 Å². The topological polar surface area (TPSA) is 52.4 Å². The zero-order chi connectivity index (χ0) is 6.57. The molecule has 8 heavy (non-hydrogen) atoms. The first-order chi connectivity index (χ1) is 3.66. The van der Waals surface area contributed by atoms with Gasteiger partial charge < -0.3 is 0 Å². The Balaban J connectivity index is 3.56. The Labute approximate surface area is 46.9 Å². The first-order valence-corrected chi connectivity index (χ1v) is 2.00. The molecule has 0 aromatic heterocycles. The van der Waals surface area contributed by atoms with E-state index in [1.165, 1.54) is 6.92 Å². The van der Waals surface area contributed by atoms with E-state index in [1.54, 1.807) is 6.92 Å². The third-order valence-corrected chi connectivity index (χ3v) is 0.564. The first-order valence-electron chi connectivity index (χ1n) is 2.00. The van der Waals surface area contributed by atoms with Crippen molar-refractivity contribution in [2.24, 2.45) is 0 Å². The third kappa shape index (κ3) is 3.14. The Kier molecular flexibility index (Phi) is 2.61. The molecule has 0 saturated carbocycles. The molecule has 0 aliphatic rings. The van der Waals surface area contributed by atoms with Gasteiger partial charge in [0, 0.05) is 0 Å². The second-order valence-corrected chi connectivity index (χ2v) is 1.12. The van der Waals surface area contributed by atoms with Crippen LogP contribution in [0, 0.1) is 16.2 Å². The minimum absolute atomic E-state index is 0.176. The lowest BCUT2D eigenvalue weighted by molar-refractivity contribution is -0.743. The molecule has 0 fully saturated rings. The largest absolute Gasteiger partial charge is 0.299 e. The van der Waals surface area contributed by atoms with Crippen molar-refractivity contribution in [3.63, 3.8) is 0 Å². The van der Waals surface area contributed by atoms with Crippen molar-refractivity contribution in [1.82, 2.24) is 0 Å². The summed E-state index contributed by atoms with van der Waals surface area (Å²) in [6.07, 6.45) is 2.45. The highest BCUT2D eigenvalue weighted by Gasteiger charge is 1.92. The van der Waals surface area contributed by atoms with Crippen molar-refractivity contribution in [1.29, 1.82) is 0 Å². The minimum Gasteiger partial charge on any atom is -0.281 e. The Morgan fingerprint density at radius 1 is 1.88 bits per heavy atom. The van der Waals surface area contributed by atoms with Gasteiger partial charge in [0.05, 0.1) is 0 Å². The molecule has 0 atom stereocenters. The van der Waals surface area contributed by atoms with Gasteiger partial charge in [0.25, 0.3) is 5.09 Å². The quantitative estimate of drug-likeness (QED) is 0.306. The highest BCUT2D eigenvalue weighted by atomic mass is 17.0. The van der Waals surface area contributed by atoms with Crippen molar-refractivity contribution in [3.8, 4) is 0 Å². The van der Waals surface area contributed by atoms with Gasteiger partial charge in [-0.1, -0.05) is 0 Å². The maximum atomic E-state index is 9.49. The van der Waals surface area contributed by atoms with E-state index in [-0.39, 0.29) is 5.76 Å². The standard InChI is InChI=1S/C4H6NO3/c1-3-4(2)8-5(6)7/h1-2H3. The van der Waals surface area contributed by atoms with Gasteiger partial charge in [-0.3, -0.25) is 4.84 Å². The zero-order valence-corrected chi connectivity index (χ0v) is 4.67. The lowest BCUT2D eigenvalue weighted by atomic mass is 10.5. The summed E-state index contributed by atoms with van der Waals surface area (Å²) >= 11 is 0. The molecule has 0 heterocycles. The van der Waals surface area contributed by atoms with Gasteiger partial charge >= 0.3 is 0 Å². The highest BCUT2D eigenvalue weighted by Crippen LogP contribution is 1.91. The van der Waals surface area contributed by atoms with Crippen LogP contribution in [0.2, 0.25) is 0 Å². The SMILES string of the molecule is C[C]=C(C)O[N+](=O)[O-]. The average molecular weight is 116 g/mol. The molecule has 0 spiro atoms. The predicted molar refractivity (Wildman–Crippen MR) is 26.2 cm³/mol. The fourth-order valence-corrected chi connectivity index (χ4v) is 0.157. The zero-order valence-electron chi connectivity index (χ0n) is 4.67. The van der Waals surface area contributed by atoms with Gasteiger partial charge in [-0.15, -0.1) is 10.1 Å². The monoisotopic (exact) mass is 116 g/mol. The van der Waals surface area contributed by atoms with Crippen LogP contribution in [0.5, 0.6) is 0 Å². The van der Waals surface area contributed by atoms with Gasteiger partial charge in [-0.05, 0) is 19.9 Å². The van der Waals surface area contributed by atoms with E-state index in [1.807, 2.05) is 0 Å². The second kappa shape index (κ2) is 3.01. The fourth-order valence-electron chi connectivity index (χ4n) is 0.157. The van der Waals surface area contributed by atoms with Crippen molar-refractivity contribution in [2.45, 2.75) is 13.8 Å². The molecule has 0 N–H and O–H groups in total. The first kappa shape index (κ1) is 6.94. The van der Waals surface area contributed by atoms with Crippen LogP contribution < -0.4 is 0 Å². The van der Waals surface area contributed by atoms with Crippen LogP contribution in [0.4, 0.5) is 0 Å². The van der Waals surface area contributed by atoms with Crippen LogP contribution in [0.1, 0.15) is 13.8 Å². The van der Waals surface area contributed by atoms with E-state index in [0.717, 1.165) is 0 Å². The summed E-state index contributed by atoms with van der Waals surface area (Å²) in [5.41, 5.74) is 0. The van der Waals surface area contributed by atoms with E-state index in [4.69, 9.17) is 0 Å². The maximum absolute atomic E-state index is 9.49. The molecule has 0 aromatic carbocycles. The minimum atomic E-state index is -0.869. The van der Waals surface area contributed by atoms with Gasteiger partial charge in [0.1, 0.15) is 5.76 Å².